The molecule has 0 aliphatic carbocycles. The average Bonchev–Trinajstić information content (AvgIpc) is 3.42. The van der Waals surface area contributed by atoms with E-state index in [1.807, 2.05) is 60.7 Å². The highest BCUT2D eigenvalue weighted by atomic mass is 32.2. The molecule has 0 aliphatic rings. The number of tetrazole rings is 2. The number of nitrogens with zero attached hydrogens (tertiary/aromatic N) is 8. The molecule has 0 spiro atoms. The van der Waals surface area contributed by atoms with Crippen LogP contribution in [0.3, 0.4) is 0 Å². The van der Waals surface area contributed by atoms with Crippen molar-refractivity contribution in [3.05, 3.63) is 60.7 Å². The molecule has 8 nitrogen and oxygen atoms in total. The SMILES string of the molecule is c1ccc(-c2nnn(CCCCCSc3nnnn3-c3ccccc3)n2)cc1. The van der Waals surface area contributed by atoms with Crippen LogP contribution in [0.15, 0.2) is 65.8 Å². The first-order valence-electron chi connectivity index (χ1n) is 9.20. The number of para-hydroxylation sites is 1. The van der Waals surface area contributed by atoms with E-state index in [0.29, 0.717) is 5.82 Å². The Hall–Kier alpha value is -3.07. The highest BCUT2D eigenvalue weighted by molar-refractivity contribution is 7.99. The summed E-state index contributed by atoms with van der Waals surface area (Å²) in [5.74, 6) is 1.64. The summed E-state index contributed by atoms with van der Waals surface area (Å²) in [7, 11) is 0. The number of hydrogen-bond acceptors (Lipinski definition) is 7. The molecule has 9 heteroatoms. The van der Waals surface area contributed by atoms with Crippen LogP contribution < -0.4 is 0 Å². The fraction of sp³-hybridized carbons (Fsp3) is 0.263. The maximum atomic E-state index is 4.44. The van der Waals surface area contributed by atoms with Gasteiger partial charge in [0.25, 0.3) is 0 Å². The van der Waals surface area contributed by atoms with Crippen LogP contribution in [0, 0.1) is 0 Å². The second-order valence-corrected chi connectivity index (χ2v) is 7.25. The molecular weight excluding hydrogens is 372 g/mol. The van der Waals surface area contributed by atoms with Gasteiger partial charge in [0.2, 0.25) is 11.0 Å². The van der Waals surface area contributed by atoms with E-state index in [1.54, 1.807) is 21.2 Å². The molecule has 142 valence electrons. The Labute approximate surface area is 167 Å². The second kappa shape index (κ2) is 9.23. The van der Waals surface area contributed by atoms with Gasteiger partial charge in [0.05, 0.1) is 12.2 Å². The fourth-order valence-electron chi connectivity index (χ4n) is 2.74. The Balaban J connectivity index is 1.20. The normalized spacial score (nSPS) is 11.0. The van der Waals surface area contributed by atoms with Crippen molar-refractivity contribution >= 4 is 11.8 Å². The first-order chi connectivity index (χ1) is 13.9. The number of aryl methyl sites for hydroxylation is 1. The molecule has 0 radical (unpaired) electrons. The van der Waals surface area contributed by atoms with Crippen molar-refractivity contribution < 1.29 is 0 Å². The molecule has 0 aliphatic heterocycles. The molecule has 0 saturated carbocycles. The van der Waals surface area contributed by atoms with Gasteiger partial charge < -0.3 is 0 Å². The van der Waals surface area contributed by atoms with Gasteiger partial charge in [-0.25, -0.2) is 0 Å². The Morgan fingerprint density at radius 1 is 0.786 bits per heavy atom. The molecule has 0 fully saturated rings. The van der Waals surface area contributed by atoms with Gasteiger partial charge in [0.15, 0.2) is 0 Å². The predicted octanol–water partition coefficient (Wildman–Crippen LogP) is 3.28. The number of thioether (sulfide) groups is 1. The van der Waals surface area contributed by atoms with Crippen molar-refractivity contribution in [1.29, 1.82) is 0 Å². The molecular formula is C19H20N8S. The van der Waals surface area contributed by atoms with Crippen molar-refractivity contribution in [2.24, 2.45) is 0 Å². The van der Waals surface area contributed by atoms with Crippen LogP contribution in [-0.4, -0.2) is 46.2 Å². The minimum Gasteiger partial charge on any atom is -0.188 e. The van der Waals surface area contributed by atoms with Gasteiger partial charge in [-0.15, -0.1) is 15.3 Å². The lowest BCUT2D eigenvalue weighted by molar-refractivity contribution is 0.487. The van der Waals surface area contributed by atoms with Crippen molar-refractivity contribution in [3.8, 4) is 17.1 Å². The summed E-state index contributed by atoms with van der Waals surface area (Å²) in [4.78, 5) is 1.67. The van der Waals surface area contributed by atoms with Crippen molar-refractivity contribution in [3.63, 3.8) is 0 Å². The minimum atomic E-state index is 0.670. The Kier molecular flexibility index (Phi) is 6.03. The summed E-state index contributed by atoms with van der Waals surface area (Å²) in [5, 5.41) is 25.5. The Bertz CT molecular complexity index is 983. The van der Waals surface area contributed by atoms with Crippen LogP contribution in [-0.2, 0) is 6.54 Å². The first kappa shape index (κ1) is 18.3. The summed E-state index contributed by atoms with van der Waals surface area (Å²) in [6.07, 6.45) is 3.17. The zero-order valence-electron chi connectivity index (χ0n) is 15.3. The summed E-state index contributed by atoms with van der Waals surface area (Å²) < 4.78 is 1.77. The fourth-order valence-corrected chi connectivity index (χ4v) is 3.63. The van der Waals surface area contributed by atoms with E-state index in [0.717, 1.165) is 48.0 Å². The van der Waals surface area contributed by atoms with Gasteiger partial charge in [-0.05, 0) is 40.6 Å². The third kappa shape index (κ3) is 4.61. The molecule has 28 heavy (non-hydrogen) atoms. The molecule has 0 unspecified atom stereocenters. The molecule has 2 heterocycles. The molecule has 0 atom stereocenters. The maximum absolute atomic E-state index is 4.44. The number of hydrogen-bond donors (Lipinski definition) is 0. The molecule has 0 bridgehead atoms. The Morgan fingerprint density at radius 3 is 2.39 bits per heavy atom. The topological polar surface area (TPSA) is 87.2 Å². The molecule has 0 N–H and O–H groups in total. The lowest BCUT2D eigenvalue weighted by atomic mass is 10.2. The molecule has 4 rings (SSSR count). The zero-order valence-corrected chi connectivity index (χ0v) is 16.1. The van der Waals surface area contributed by atoms with Crippen molar-refractivity contribution in [2.75, 3.05) is 5.75 Å². The van der Waals surface area contributed by atoms with Gasteiger partial charge in [-0.3, -0.25) is 0 Å². The van der Waals surface area contributed by atoms with Crippen LogP contribution >= 0.6 is 11.8 Å². The minimum absolute atomic E-state index is 0.670. The highest BCUT2D eigenvalue weighted by Gasteiger charge is 2.08. The Morgan fingerprint density at radius 2 is 1.57 bits per heavy atom. The highest BCUT2D eigenvalue weighted by Crippen LogP contribution is 2.19. The van der Waals surface area contributed by atoms with E-state index < -0.39 is 0 Å². The largest absolute Gasteiger partial charge is 0.214 e. The van der Waals surface area contributed by atoms with E-state index in [1.165, 1.54) is 0 Å². The maximum Gasteiger partial charge on any atom is 0.214 e. The van der Waals surface area contributed by atoms with Gasteiger partial charge >= 0.3 is 0 Å². The molecule has 0 amide bonds. The second-order valence-electron chi connectivity index (χ2n) is 6.19. The molecule has 2 aromatic heterocycles. The van der Waals surface area contributed by atoms with Crippen LogP contribution in [0.4, 0.5) is 0 Å². The van der Waals surface area contributed by atoms with Gasteiger partial charge in [-0.1, -0.05) is 66.7 Å². The number of unbranched alkanes of at least 4 members (excludes halogenated alkanes) is 2. The number of rotatable bonds is 9. The van der Waals surface area contributed by atoms with Crippen LogP contribution in [0.5, 0.6) is 0 Å². The van der Waals surface area contributed by atoms with E-state index in [4.69, 9.17) is 0 Å². The summed E-state index contributed by atoms with van der Waals surface area (Å²) >= 11 is 1.67. The van der Waals surface area contributed by atoms with Crippen molar-refractivity contribution in [1.82, 2.24) is 40.4 Å². The third-order valence-electron chi connectivity index (χ3n) is 4.16. The van der Waals surface area contributed by atoms with E-state index in [9.17, 15) is 0 Å². The van der Waals surface area contributed by atoms with Crippen molar-refractivity contribution in [2.45, 2.75) is 31.0 Å². The smallest absolute Gasteiger partial charge is 0.188 e. The molecule has 4 aromatic rings. The summed E-state index contributed by atoms with van der Waals surface area (Å²) in [5.41, 5.74) is 1.96. The standard InChI is InChI=1S/C19H20N8S/c1-4-10-16(11-5-1)18-20-24-26(22-18)14-8-3-9-15-28-19-21-23-25-27(19)17-12-6-2-7-13-17/h1-2,4-7,10-13H,3,8-9,14-15H2. The van der Waals surface area contributed by atoms with Crippen LogP contribution in [0.1, 0.15) is 19.3 Å². The predicted molar refractivity (Wildman–Crippen MR) is 107 cm³/mol. The first-order valence-corrected chi connectivity index (χ1v) is 10.2. The average molecular weight is 392 g/mol. The van der Waals surface area contributed by atoms with Gasteiger partial charge in [0.1, 0.15) is 0 Å². The molecule has 2 aromatic carbocycles. The van der Waals surface area contributed by atoms with Gasteiger partial charge in [-0.2, -0.15) is 9.48 Å². The summed E-state index contributed by atoms with van der Waals surface area (Å²) in [6.45, 7) is 0.770. The quantitative estimate of drug-likeness (QED) is 0.319. The van der Waals surface area contributed by atoms with Crippen LogP contribution in [0.25, 0.3) is 17.1 Å². The third-order valence-corrected chi connectivity index (χ3v) is 5.17. The van der Waals surface area contributed by atoms with E-state index in [-0.39, 0.29) is 0 Å². The van der Waals surface area contributed by atoms with E-state index in [2.05, 4.69) is 30.9 Å². The molecule has 0 saturated heterocycles. The van der Waals surface area contributed by atoms with E-state index >= 15 is 0 Å². The number of benzene rings is 2. The summed E-state index contributed by atoms with van der Waals surface area (Å²) in [6, 6.07) is 19.8. The lowest BCUT2D eigenvalue weighted by Crippen LogP contribution is -2.03. The lowest BCUT2D eigenvalue weighted by Gasteiger charge is -2.04. The monoisotopic (exact) mass is 392 g/mol. The van der Waals surface area contributed by atoms with Gasteiger partial charge in [0, 0.05) is 11.3 Å². The van der Waals surface area contributed by atoms with Crippen LogP contribution in [0.2, 0.25) is 0 Å². The number of aromatic nitrogens is 8. The zero-order chi connectivity index (χ0) is 19.0.